The van der Waals surface area contributed by atoms with Gasteiger partial charge in [0.05, 0.1) is 31.5 Å². The number of nitriles is 1. The summed E-state index contributed by atoms with van der Waals surface area (Å²) in [5, 5.41) is 14.9. The number of para-hydroxylation sites is 1. The van der Waals surface area contributed by atoms with Crippen molar-refractivity contribution in [2.24, 2.45) is 0 Å². The van der Waals surface area contributed by atoms with Crippen LogP contribution in [0.2, 0.25) is 0 Å². The molecule has 4 rings (SSSR count). The molecule has 1 aromatic heterocycles. The van der Waals surface area contributed by atoms with Crippen LogP contribution in [0.4, 0.5) is 15.8 Å². The molecule has 0 aliphatic carbocycles. The van der Waals surface area contributed by atoms with Crippen LogP contribution in [0.15, 0.2) is 72.8 Å². The van der Waals surface area contributed by atoms with Crippen LogP contribution in [0.5, 0.6) is 11.5 Å². The Morgan fingerprint density at radius 3 is 2.00 bits per heavy atom. The molecule has 0 aliphatic rings. The lowest BCUT2D eigenvalue weighted by molar-refractivity contribution is 0.101. The first-order valence-electron chi connectivity index (χ1n) is 12.0. The summed E-state index contributed by atoms with van der Waals surface area (Å²) in [6, 6.07) is 21.4. The molecular formula is C30H25FN4O4. The van der Waals surface area contributed by atoms with Crippen LogP contribution in [-0.4, -0.2) is 31.0 Å². The molecule has 2 N–H and O–H groups in total. The summed E-state index contributed by atoms with van der Waals surface area (Å²) in [6.45, 7) is 1.83. The molecule has 0 radical (unpaired) electrons. The van der Waals surface area contributed by atoms with E-state index in [0.717, 1.165) is 0 Å². The number of pyridine rings is 1. The molecule has 9 heteroatoms. The monoisotopic (exact) mass is 524 g/mol. The van der Waals surface area contributed by atoms with Crippen molar-refractivity contribution in [3.63, 3.8) is 0 Å². The van der Waals surface area contributed by atoms with Crippen molar-refractivity contribution in [3.05, 3.63) is 101 Å². The highest BCUT2D eigenvalue weighted by molar-refractivity contribution is 6.07. The van der Waals surface area contributed by atoms with Gasteiger partial charge in [0.2, 0.25) is 0 Å². The van der Waals surface area contributed by atoms with Gasteiger partial charge in [-0.1, -0.05) is 43.3 Å². The quantitative estimate of drug-likeness (QED) is 0.299. The summed E-state index contributed by atoms with van der Waals surface area (Å²) < 4.78 is 25.6. The van der Waals surface area contributed by atoms with E-state index in [2.05, 4.69) is 21.7 Å². The van der Waals surface area contributed by atoms with Crippen molar-refractivity contribution in [1.29, 1.82) is 5.26 Å². The first-order valence-corrected chi connectivity index (χ1v) is 12.0. The second-order valence-electron chi connectivity index (χ2n) is 8.31. The number of hydrogen-bond donors (Lipinski definition) is 2. The number of methoxy groups -OCH3 is 2. The van der Waals surface area contributed by atoms with Gasteiger partial charge in [0.1, 0.15) is 34.4 Å². The average molecular weight is 525 g/mol. The number of halogens is 1. The maximum atomic E-state index is 15.0. The van der Waals surface area contributed by atoms with Gasteiger partial charge in [-0.3, -0.25) is 9.59 Å². The molecule has 3 aromatic carbocycles. The number of carbonyl (C=O) groups excluding carboxylic acids is 2. The lowest BCUT2D eigenvalue weighted by Crippen LogP contribution is -2.20. The second kappa shape index (κ2) is 11.9. The van der Waals surface area contributed by atoms with Crippen LogP contribution in [0.25, 0.3) is 11.1 Å². The van der Waals surface area contributed by atoms with Crippen molar-refractivity contribution in [3.8, 4) is 28.7 Å². The highest BCUT2D eigenvalue weighted by atomic mass is 19.1. The normalized spacial score (nSPS) is 10.3. The minimum atomic E-state index is -0.696. The van der Waals surface area contributed by atoms with Crippen LogP contribution in [0, 0.1) is 17.1 Å². The number of carbonyl (C=O) groups is 2. The molecular weight excluding hydrogens is 499 g/mol. The van der Waals surface area contributed by atoms with Crippen LogP contribution in [0.1, 0.15) is 39.0 Å². The predicted molar refractivity (Wildman–Crippen MR) is 146 cm³/mol. The van der Waals surface area contributed by atoms with E-state index >= 15 is 0 Å². The molecule has 2 amide bonds. The molecule has 0 saturated carbocycles. The Kier molecular flexibility index (Phi) is 8.17. The predicted octanol–water partition coefficient (Wildman–Crippen LogP) is 5.84. The molecule has 0 bridgehead atoms. The number of amides is 2. The van der Waals surface area contributed by atoms with E-state index in [9.17, 15) is 19.2 Å². The van der Waals surface area contributed by atoms with Crippen LogP contribution in [-0.2, 0) is 6.42 Å². The van der Waals surface area contributed by atoms with E-state index in [1.165, 1.54) is 38.5 Å². The summed E-state index contributed by atoms with van der Waals surface area (Å²) in [5.41, 5.74) is 2.42. The summed E-state index contributed by atoms with van der Waals surface area (Å²) in [6.07, 6.45) is 0.388. The molecule has 0 fully saturated rings. The number of anilines is 2. The van der Waals surface area contributed by atoms with Gasteiger partial charge in [-0.2, -0.15) is 5.26 Å². The number of nitrogens with one attached hydrogen (secondary N) is 2. The van der Waals surface area contributed by atoms with Crippen LogP contribution < -0.4 is 20.1 Å². The standard InChI is InChI=1S/C30H25FN4O4/c1-4-19-21(20-10-6-5-9-18(20)17-32)15-16-22(31)27(19)34-29(36)23-11-7-12-24(33-23)30(37)35-28-25(38-2)13-8-14-26(28)39-3/h5-16H,4H2,1-3H3,(H,34,36)(H,35,37). The van der Waals surface area contributed by atoms with Gasteiger partial charge < -0.3 is 20.1 Å². The van der Waals surface area contributed by atoms with Crippen molar-refractivity contribution >= 4 is 23.2 Å². The molecule has 39 heavy (non-hydrogen) atoms. The zero-order valence-electron chi connectivity index (χ0n) is 21.5. The summed E-state index contributed by atoms with van der Waals surface area (Å²) in [7, 11) is 2.93. The fraction of sp³-hybridized carbons (Fsp3) is 0.133. The topological polar surface area (TPSA) is 113 Å². The Morgan fingerprint density at radius 1 is 0.821 bits per heavy atom. The van der Waals surface area contributed by atoms with Gasteiger partial charge in [-0.25, -0.2) is 9.37 Å². The van der Waals surface area contributed by atoms with Crippen LogP contribution in [0.3, 0.4) is 0 Å². The summed E-state index contributed by atoms with van der Waals surface area (Å²) in [4.78, 5) is 30.4. The van der Waals surface area contributed by atoms with E-state index in [1.807, 2.05) is 6.92 Å². The van der Waals surface area contributed by atoms with Gasteiger partial charge in [-0.05, 0) is 59.5 Å². The van der Waals surface area contributed by atoms with E-state index in [-0.39, 0.29) is 17.1 Å². The summed E-state index contributed by atoms with van der Waals surface area (Å²) >= 11 is 0. The number of rotatable bonds is 8. The smallest absolute Gasteiger partial charge is 0.274 e. The van der Waals surface area contributed by atoms with Gasteiger partial charge in [0, 0.05) is 0 Å². The SMILES string of the molecule is CCc1c(-c2ccccc2C#N)ccc(F)c1NC(=O)c1cccc(C(=O)Nc2c(OC)cccc2OC)n1. The first-order chi connectivity index (χ1) is 18.9. The molecule has 8 nitrogen and oxygen atoms in total. The van der Waals surface area contributed by atoms with Gasteiger partial charge in [0.15, 0.2) is 0 Å². The maximum absolute atomic E-state index is 15.0. The highest BCUT2D eigenvalue weighted by Gasteiger charge is 2.21. The van der Waals surface area contributed by atoms with E-state index in [0.29, 0.717) is 45.9 Å². The molecule has 0 aliphatic heterocycles. The van der Waals surface area contributed by atoms with Crippen LogP contribution >= 0.6 is 0 Å². The highest BCUT2D eigenvalue weighted by Crippen LogP contribution is 2.35. The van der Waals surface area contributed by atoms with Gasteiger partial charge in [-0.15, -0.1) is 0 Å². The molecule has 0 atom stereocenters. The molecule has 0 saturated heterocycles. The second-order valence-corrected chi connectivity index (χ2v) is 8.31. The number of aromatic nitrogens is 1. The number of ether oxygens (including phenoxy) is 2. The zero-order chi connectivity index (χ0) is 27.9. The molecule has 1 heterocycles. The average Bonchev–Trinajstić information content (AvgIpc) is 2.98. The Morgan fingerprint density at radius 2 is 1.41 bits per heavy atom. The van der Waals surface area contributed by atoms with E-state index in [4.69, 9.17) is 9.47 Å². The fourth-order valence-corrected chi connectivity index (χ4v) is 4.21. The third kappa shape index (κ3) is 5.55. The van der Waals surface area contributed by atoms with Crippen molar-refractivity contribution in [2.45, 2.75) is 13.3 Å². The maximum Gasteiger partial charge on any atom is 0.274 e. The van der Waals surface area contributed by atoms with Crippen molar-refractivity contribution in [1.82, 2.24) is 4.98 Å². The Bertz CT molecular complexity index is 1570. The Labute approximate surface area is 225 Å². The lowest BCUT2D eigenvalue weighted by atomic mass is 9.93. The minimum absolute atomic E-state index is 0.0110. The van der Waals surface area contributed by atoms with E-state index in [1.54, 1.807) is 48.5 Å². The number of benzene rings is 3. The van der Waals surface area contributed by atoms with Crippen molar-refractivity contribution < 1.29 is 23.5 Å². The number of hydrogen-bond acceptors (Lipinski definition) is 6. The minimum Gasteiger partial charge on any atom is -0.494 e. The van der Waals surface area contributed by atoms with Crippen molar-refractivity contribution in [2.75, 3.05) is 24.9 Å². The van der Waals surface area contributed by atoms with Gasteiger partial charge >= 0.3 is 0 Å². The summed E-state index contributed by atoms with van der Waals surface area (Å²) in [5.74, 6) is -1.15. The molecule has 4 aromatic rings. The van der Waals surface area contributed by atoms with E-state index < -0.39 is 17.6 Å². The third-order valence-electron chi connectivity index (χ3n) is 6.07. The number of nitrogens with zero attached hydrogens (tertiary/aromatic N) is 2. The molecule has 0 unspecified atom stereocenters. The largest absolute Gasteiger partial charge is 0.494 e. The zero-order valence-corrected chi connectivity index (χ0v) is 21.5. The Hall–Kier alpha value is -5.23. The third-order valence-corrected chi connectivity index (χ3v) is 6.07. The molecule has 196 valence electrons. The Balaban J connectivity index is 1.64. The molecule has 0 spiro atoms. The fourth-order valence-electron chi connectivity index (χ4n) is 4.21. The first kappa shape index (κ1) is 26.8. The lowest BCUT2D eigenvalue weighted by Gasteiger charge is -2.17. The van der Waals surface area contributed by atoms with Gasteiger partial charge in [0.25, 0.3) is 11.8 Å².